The van der Waals surface area contributed by atoms with Crippen LogP contribution in [-0.2, 0) is 6.54 Å². The van der Waals surface area contributed by atoms with E-state index in [1.165, 1.54) is 14.2 Å². The maximum Gasteiger partial charge on any atom is 0.272 e. The highest BCUT2D eigenvalue weighted by Crippen LogP contribution is 2.38. The van der Waals surface area contributed by atoms with E-state index in [1.807, 2.05) is 0 Å². The molecule has 1 aromatic rings. The fourth-order valence-corrected chi connectivity index (χ4v) is 1.53. The second kappa shape index (κ2) is 7.00. The predicted octanol–water partition coefficient (Wildman–Crippen LogP) is 2.07. The van der Waals surface area contributed by atoms with Gasteiger partial charge in [0.2, 0.25) is 5.75 Å². The number of benzene rings is 1. The molecule has 0 saturated heterocycles. The molecular formula is C12H17F2NO3. The molecule has 0 aromatic heterocycles. The second-order valence-corrected chi connectivity index (χ2v) is 3.56. The topological polar surface area (TPSA) is 39.7 Å². The summed E-state index contributed by atoms with van der Waals surface area (Å²) in [6.07, 6.45) is -2.55. The quantitative estimate of drug-likeness (QED) is 0.815. The lowest BCUT2D eigenvalue weighted by Gasteiger charge is -2.15. The van der Waals surface area contributed by atoms with E-state index in [0.29, 0.717) is 18.0 Å². The van der Waals surface area contributed by atoms with E-state index in [0.717, 1.165) is 5.56 Å². The molecule has 0 aliphatic rings. The van der Waals surface area contributed by atoms with Crippen molar-refractivity contribution < 1.29 is 23.0 Å². The number of hydrogen-bond donors (Lipinski definition) is 1. The van der Waals surface area contributed by atoms with Crippen LogP contribution in [-0.4, -0.2) is 34.3 Å². The largest absolute Gasteiger partial charge is 0.493 e. The van der Waals surface area contributed by atoms with E-state index >= 15 is 0 Å². The highest BCUT2D eigenvalue weighted by molar-refractivity contribution is 5.53. The summed E-state index contributed by atoms with van der Waals surface area (Å²) in [5.74, 6) is 0.945. The summed E-state index contributed by atoms with van der Waals surface area (Å²) < 4.78 is 39.6. The molecular weight excluding hydrogens is 244 g/mol. The van der Waals surface area contributed by atoms with Gasteiger partial charge in [-0.05, 0) is 24.7 Å². The molecule has 0 saturated carbocycles. The van der Waals surface area contributed by atoms with E-state index in [-0.39, 0.29) is 5.75 Å². The Morgan fingerprint density at radius 3 is 2.11 bits per heavy atom. The van der Waals surface area contributed by atoms with Crippen LogP contribution in [0, 0.1) is 0 Å². The number of nitrogens with one attached hydrogen (secondary N) is 1. The predicted molar refractivity (Wildman–Crippen MR) is 63.8 cm³/mol. The Bertz CT molecular complexity index is 361. The third-order valence-electron chi connectivity index (χ3n) is 2.25. The third-order valence-corrected chi connectivity index (χ3v) is 2.25. The minimum absolute atomic E-state index is 0.195. The Morgan fingerprint density at radius 2 is 1.72 bits per heavy atom. The average Bonchev–Trinajstić information content (AvgIpc) is 2.36. The van der Waals surface area contributed by atoms with Gasteiger partial charge in [-0.1, -0.05) is 0 Å². The maximum absolute atomic E-state index is 12.2. The lowest BCUT2D eigenvalue weighted by molar-refractivity contribution is 0.0789. The SMILES string of the molecule is CNCc1cc(OC)c(OCC(F)F)c(OC)c1. The van der Waals surface area contributed by atoms with Crippen LogP contribution in [0.5, 0.6) is 17.2 Å². The Morgan fingerprint density at radius 1 is 1.17 bits per heavy atom. The minimum atomic E-state index is -2.55. The molecule has 4 nitrogen and oxygen atoms in total. The summed E-state index contributed by atoms with van der Waals surface area (Å²) >= 11 is 0. The first-order valence-electron chi connectivity index (χ1n) is 5.42. The molecule has 1 N–H and O–H groups in total. The number of halogens is 2. The Balaban J connectivity index is 3.04. The van der Waals surface area contributed by atoms with Crippen LogP contribution in [0.4, 0.5) is 8.78 Å². The van der Waals surface area contributed by atoms with Crippen molar-refractivity contribution in [3.63, 3.8) is 0 Å². The zero-order chi connectivity index (χ0) is 13.5. The van der Waals surface area contributed by atoms with Crippen molar-refractivity contribution in [2.24, 2.45) is 0 Å². The molecule has 0 spiro atoms. The normalized spacial score (nSPS) is 10.6. The highest BCUT2D eigenvalue weighted by atomic mass is 19.3. The summed E-state index contributed by atoms with van der Waals surface area (Å²) in [6.45, 7) is -0.0834. The minimum Gasteiger partial charge on any atom is -0.493 e. The van der Waals surface area contributed by atoms with E-state index in [2.05, 4.69) is 5.32 Å². The van der Waals surface area contributed by atoms with Crippen LogP contribution in [0.1, 0.15) is 5.56 Å². The Labute approximate surface area is 105 Å². The van der Waals surface area contributed by atoms with Gasteiger partial charge in [-0.2, -0.15) is 0 Å². The molecule has 0 amide bonds. The van der Waals surface area contributed by atoms with Crippen LogP contribution in [0.25, 0.3) is 0 Å². The van der Waals surface area contributed by atoms with Gasteiger partial charge in [0, 0.05) is 6.54 Å². The molecule has 0 atom stereocenters. The number of methoxy groups -OCH3 is 2. The van der Waals surface area contributed by atoms with E-state index in [4.69, 9.17) is 14.2 Å². The Kier molecular flexibility index (Phi) is 5.64. The van der Waals surface area contributed by atoms with Crippen LogP contribution in [0.3, 0.4) is 0 Å². The van der Waals surface area contributed by atoms with Crippen LogP contribution in [0.15, 0.2) is 12.1 Å². The molecule has 0 bridgehead atoms. The van der Waals surface area contributed by atoms with E-state index < -0.39 is 13.0 Å². The van der Waals surface area contributed by atoms with Crippen molar-refractivity contribution in [3.8, 4) is 17.2 Å². The molecule has 6 heteroatoms. The standard InChI is InChI=1S/C12H17F2NO3/c1-15-6-8-4-9(16-2)12(10(5-8)17-3)18-7-11(13)14/h4-5,11,15H,6-7H2,1-3H3. The second-order valence-electron chi connectivity index (χ2n) is 3.56. The van der Waals surface area contributed by atoms with Crippen molar-refractivity contribution in [3.05, 3.63) is 17.7 Å². The van der Waals surface area contributed by atoms with Gasteiger partial charge in [0.1, 0.15) is 6.61 Å². The molecule has 0 radical (unpaired) electrons. The molecule has 102 valence electrons. The lowest BCUT2D eigenvalue weighted by Crippen LogP contribution is -2.10. The van der Waals surface area contributed by atoms with Crippen LogP contribution >= 0.6 is 0 Å². The monoisotopic (exact) mass is 261 g/mol. The fourth-order valence-electron chi connectivity index (χ4n) is 1.53. The van der Waals surface area contributed by atoms with Gasteiger partial charge in [-0.15, -0.1) is 0 Å². The van der Waals surface area contributed by atoms with Gasteiger partial charge in [0.25, 0.3) is 6.43 Å². The zero-order valence-electron chi connectivity index (χ0n) is 10.6. The first-order valence-corrected chi connectivity index (χ1v) is 5.42. The summed E-state index contributed by atoms with van der Waals surface area (Å²) in [6, 6.07) is 3.44. The van der Waals surface area contributed by atoms with Crippen molar-refractivity contribution in [1.82, 2.24) is 5.32 Å². The molecule has 0 aliphatic heterocycles. The number of ether oxygens (including phenoxy) is 3. The van der Waals surface area contributed by atoms with Crippen LogP contribution in [0.2, 0.25) is 0 Å². The zero-order valence-corrected chi connectivity index (χ0v) is 10.6. The molecule has 18 heavy (non-hydrogen) atoms. The summed E-state index contributed by atoms with van der Waals surface area (Å²) in [5.41, 5.74) is 0.913. The van der Waals surface area contributed by atoms with Crippen LogP contribution < -0.4 is 19.5 Å². The number of hydrogen-bond acceptors (Lipinski definition) is 4. The Hall–Kier alpha value is -1.56. The summed E-state index contributed by atoms with van der Waals surface area (Å²) in [4.78, 5) is 0. The lowest BCUT2D eigenvalue weighted by atomic mass is 10.2. The third kappa shape index (κ3) is 3.73. The van der Waals surface area contributed by atoms with E-state index in [1.54, 1.807) is 19.2 Å². The van der Waals surface area contributed by atoms with E-state index in [9.17, 15) is 8.78 Å². The molecule has 0 aliphatic carbocycles. The molecule has 0 fully saturated rings. The van der Waals surface area contributed by atoms with Crippen molar-refractivity contribution >= 4 is 0 Å². The number of alkyl halides is 2. The van der Waals surface area contributed by atoms with Gasteiger partial charge in [-0.3, -0.25) is 0 Å². The van der Waals surface area contributed by atoms with Crippen molar-refractivity contribution in [2.75, 3.05) is 27.9 Å². The van der Waals surface area contributed by atoms with Gasteiger partial charge in [-0.25, -0.2) is 8.78 Å². The van der Waals surface area contributed by atoms with Crippen molar-refractivity contribution in [1.29, 1.82) is 0 Å². The summed E-state index contributed by atoms with van der Waals surface area (Å²) in [7, 11) is 4.71. The highest BCUT2D eigenvalue weighted by Gasteiger charge is 2.15. The van der Waals surface area contributed by atoms with Gasteiger partial charge < -0.3 is 19.5 Å². The fraction of sp³-hybridized carbons (Fsp3) is 0.500. The van der Waals surface area contributed by atoms with Crippen molar-refractivity contribution in [2.45, 2.75) is 13.0 Å². The molecule has 0 unspecified atom stereocenters. The van der Waals surface area contributed by atoms with Gasteiger partial charge >= 0.3 is 0 Å². The molecule has 1 aromatic carbocycles. The number of rotatable bonds is 7. The first kappa shape index (κ1) is 14.5. The molecule has 1 rings (SSSR count). The first-order chi connectivity index (χ1) is 8.62. The maximum atomic E-state index is 12.2. The molecule has 0 heterocycles. The smallest absolute Gasteiger partial charge is 0.272 e. The summed E-state index contributed by atoms with van der Waals surface area (Å²) in [5, 5.41) is 2.98. The van der Waals surface area contributed by atoms with Gasteiger partial charge in [0.05, 0.1) is 14.2 Å². The van der Waals surface area contributed by atoms with Gasteiger partial charge in [0.15, 0.2) is 11.5 Å². The average molecular weight is 261 g/mol.